The van der Waals surface area contributed by atoms with Gasteiger partial charge in [0.2, 0.25) is 0 Å². The molecule has 0 amide bonds. The third-order valence-electron chi connectivity index (χ3n) is 0.635. The molecule has 0 aromatic carbocycles. The zero-order valence-corrected chi connectivity index (χ0v) is 6.79. The molecule has 0 aliphatic heterocycles. The summed E-state index contributed by atoms with van der Waals surface area (Å²) in [4.78, 5) is 0. The molecule has 0 rings (SSSR count). The Balaban J connectivity index is 3.28. The van der Waals surface area contributed by atoms with Crippen molar-refractivity contribution in [3.8, 4) is 0 Å². The van der Waals surface area contributed by atoms with Gasteiger partial charge in [0, 0.05) is 8.39 Å². The molecule has 0 aliphatic rings. The fourth-order valence-electron chi connectivity index (χ4n) is 0.280. The van der Waals surface area contributed by atoms with Gasteiger partial charge in [-0.1, -0.05) is 13.8 Å². The highest BCUT2D eigenvalue weighted by Gasteiger charge is 2.35. The molecule has 0 saturated heterocycles. The van der Waals surface area contributed by atoms with Gasteiger partial charge in [0.15, 0.2) is 0 Å². The average molecular weight is 157 g/mol. The molecule has 0 N–H and O–H groups in total. The predicted molar refractivity (Wildman–Crippen MR) is 35.9 cm³/mol. The first-order chi connectivity index (χ1) is 3.92. The van der Waals surface area contributed by atoms with Gasteiger partial charge in [-0.05, 0) is 5.92 Å². The summed E-state index contributed by atoms with van der Waals surface area (Å²) in [5, 5.41) is 0. The van der Waals surface area contributed by atoms with Crippen LogP contribution in [0, 0.1) is 5.92 Å². The molecule has 0 atom stereocenters. The summed E-state index contributed by atoms with van der Waals surface area (Å²) in [6.07, 6.45) is 0. The molecule has 0 saturated carbocycles. The maximum absolute atomic E-state index is 12.0. The highest BCUT2D eigenvalue weighted by molar-refractivity contribution is 7.59. The van der Waals surface area contributed by atoms with Gasteiger partial charge in [-0.25, -0.2) is 0 Å². The fourth-order valence-corrected chi connectivity index (χ4v) is 0.840. The number of hydrogen-bond acceptors (Lipinski definition) is 1. The Morgan fingerprint density at radius 3 is 2.00 bits per heavy atom. The van der Waals surface area contributed by atoms with E-state index in [9.17, 15) is 8.39 Å². The van der Waals surface area contributed by atoms with Crippen LogP contribution in [0.1, 0.15) is 13.8 Å². The second-order valence-electron chi connectivity index (χ2n) is 2.41. The van der Waals surface area contributed by atoms with Crippen molar-refractivity contribution in [2.24, 2.45) is 5.92 Å². The second kappa shape index (κ2) is 3.43. The first-order valence-electron chi connectivity index (χ1n) is 2.82. The zero-order chi connectivity index (χ0) is 7.49. The molecule has 56 valence electrons. The van der Waals surface area contributed by atoms with Crippen molar-refractivity contribution in [1.29, 1.82) is 0 Å². The van der Waals surface area contributed by atoms with Crippen molar-refractivity contribution in [3.05, 3.63) is 0 Å². The highest BCUT2D eigenvalue weighted by Crippen LogP contribution is 2.59. The summed E-state index contributed by atoms with van der Waals surface area (Å²) in [7, 11) is -3.97. The van der Waals surface area contributed by atoms with Gasteiger partial charge in [0.25, 0.3) is 0 Å². The van der Waals surface area contributed by atoms with Gasteiger partial charge in [-0.3, -0.25) is 0 Å². The fraction of sp³-hybridized carbons (Fsp3) is 1.00. The molecule has 0 spiro atoms. The molecule has 4 heteroatoms. The van der Waals surface area contributed by atoms with Gasteiger partial charge in [0.05, 0.1) is 0 Å². The van der Waals surface area contributed by atoms with Crippen LogP contribution in [0.5, 0.6) is 0 Å². The Bertz CT molecular complexity index is 79.5. The molecular weight excluding hydrogens is 145 g/mol. The van der Waals surface area contributed by atoms with E-state index in [-0.39, 0.29) is 12.5 Å². The normalized spacial score (nSPS) is 12.7. The Morgan fingerprint density at radius 1 is 1.44 bits per heavy atom. The highest BCUT2D eigenvalue weighted by atomic mass is 31.3. The van der Waals surface area contributed by atoms with E-state index in [1.807, 2.05) is 13.8 Å². The number of rotatable bonds is 3. The van der Waals surface area contributed by atoms with E-state index >= 15 is 0 Å². The monoisotopic (exact) mass is 157 g/mol. The van der Waals surface area contributed by atoms with E-state index in [0.717, 1.165) is 6.66 Å². The first kappa shape index (κ1) is 9.25. The van der Waals surface area contributed by atoms with Crippen LogP contribution in [-0.2, 0) is 4.52 Å². The van der Waals surface area contributed by atoms with Gasteiger partial charge in [0.1, 0.15) is 13.3 Å². The lowest BCUT2D eigenvalue weighted by molar-refractivity contribution is 0.253. The lowest BCUT2D eigenvalue weighted by Gasteiger charge is -2.01. The van der Waals surface area contributed by atoms with Crippen LogP contribution in [-0.4, -0.2) is 13.3 Å². The van der Waals surface area contributed by atoms with E-state index in [4.69, 9.17) is 0 Å². The zero-order valence-electron chi connectivity index (χ0n) is 5.90. The van der Waals surface area contributed by atoms with Crippen molar-refractivity contribution in [3.63, 3.8) is 0 Å². The van der Waals surface area contributed by atoms with E-state index in [2.05, 4.69) is 4.52 Å². The Morgan fingerprint density at radius 2 is 1.89 bits per heavy atom. The molecule has 0 aliphatic carbocycles. The summed E-state index contributed by atoms with van der Waals surface area (Å²) >= 11 is 0. The molecule has 0 aromatic heterocycles. The minimum atomic E-state index is -3.97. The maximum atomic E-state index is 12.0. The topological polar surface area (TPSA) is 9.23 Å². The average Bonchev–Trinajstić information content (AvgIpc) is 1.59. The SMILES string of the molecule is CC(C)CO[P+](C)(F)F. The van der Waals surface area contributed by atoms with E-state index in [0.29, 0.717) is 0 Å². The van der Waals surface area contributed by atoms with Crippen LogP contribution >= 0.6 is 8.11 Å². The van der Waals surface area contributed by atoms with Crippen LogP contribution in [0.25, 0.3) is 0 Å². The third kappa shape index (κ3) is 8.25. The summed E-state index contributed by atoms with van der Waals surface area (Å²) in [6, 6.07) is 0. The third-order valence-corrected chi connectivity index (χ3v) is 1.24. The van der Waals surface area contributed by atoms with Crippen LogP contribution in [0.2, 0.25) is 0 Å². The van der Waals surface area contributed by atoms with E-state index < -0.39 is 8.11 Å². The summed E-state index contributed by atoms with van der Waals surface area (Å²) < 4.78 is 28.2. The van der Waals surface area contributed by atoms with Gasteiger partial charge >= 0.3 is 8.11 Å². The van der Waals surface area contributed by atoms with Crippen molar-refractivity contribution in [1.82, 2.24) is 0 Å². The molecule has 1 nitrogen and oxygen atoms in total. The lowest BCUT2D eigenvalue weighted by Crippen LogP contribution is -1.98. The molecule has 0 bridgehead atoms. The van der Waals surface area contributed by atoms with Crippen LogP contribution in [0.15, 0.2) is 0 Å². The van der Waals surface area contributed by atoms with Gasteiger partial charge in [-0.2, -0.15) is 4.52 Å². The predicted octanol–water partition coefficient (Wildman–Crippen LogP) is 2.99. The van der Waals surface area contributed by atoms with Crippen molar-refractivity contribution in [2.45, 2.75) is 13.8 Å². The number of halogens is 2. The number of hydrogen-bond donors (Lipinski definition) is 0. The Kier molecular flexibility index (Phi) is 3.52. The van der Waals surface area contributed by atoms with Crippen molar-refractivity contribution >= 4 is 8.11 Å². The minimum absolute atomic E-state index is 0.164. The second-order valence-corrected chi connectivity index (χ2v) is 4.12. The van der Waals surface area contributed by atoms with Gasteiger partial charge in [-0.15, -0.1) is 0 Å². The molecule has 0 heterocycles. The Hall–Kier alpha value is 0.250. The smallest absolute Gasteiger partial charge is 0.170 e. The van der Waals surface area contributed by atoms with Crippen LogP contribution < -0.4 is 0 Å². The van der Waals surface area contributed by atoms with Crippen LogP contribution in [0.3, 0.4) is 0 Å². The van der Waals surface area contributed by atoms with Crippen LogP contribution in [0.4, 0.5) is 8.39 Å². The summed E-state index contributed by atoms with van der Waals surface area (Å²) in [5.74, 6) is 0.191. The lowest BCUT2D eigenvalue weighted by atomic mass is 10.2. The summed E-state index contributed by atoms with van der Waals surface area (Å²) in [6.45, 7) is 4.71. The summed E-state index contributed by atoms with van der Waals surface area (Å²) in [5.41, 5.74) is 0. The molecule has 9 heavy (non-hydrogen) atoms. The molecule has 0 fully saturated rings. The van der Waals surface area contributed by atoms with E-state index in [1.165, 1.54) is 0 Å². The maximum Gasteiger partial charge on any atom is 0.517 e. The molecule has 0 aromatic rings. The quantitative estimate of drug-likeness (QED) is 0.572. The molecule has 0 radical (unpaired) electrons. The molecule has 0 unspecified atom stereocenters. The Labute approximate surface area is 55.1 Å². The largest absolute Gasteiger partial charge is 0.517 e. The minimum Gasteiger partial charge on any atom is -0.170 e. The van der Waals surface area contributed by atoms with Gasteiger partial charge < -0.3 is 0 Å². The standard InChI is InChI=1S/C5H12F2OP/c1-5(2)4-8-9(3,6)7/h5H,4H2,1-3H3/q+1. The van der Waals surface area contributed by atoms with Crippen molar-refractivity contribution < 1.29 is 12.9 Å². The van der Waals surface area contributed by atoms with E-state index in [1.54, 1.807) is 0 Å². The first-order valence-corrected chi connectivity index (χ1v) is 4.76. The molecular formula is C5H12F2OP+. The van der Waals surface area contributed by atoms with Crippen molar-refractivity contribution in [2.75, 3.05) is 13.3 Å².